The molecule has 1 N–H and O–H groups in total. The summed E-state index contributed by atoms with van der Waals surface area (Å²) in [5.41, 5.74) is 0.585. The van der Waals surface area contributed by atoms with Crippen molar-refractivity contribution in [1.82, 2.24) is 0 Å². The van der Waals surface area contributed by atoms with Crippen LogP contribution in [-0.4, -0.2) is 57.2 Å². The highest BCUT2D eigenvalue weighted by Crippen LogP contribution is 2.56. The van der Waals surface area contributed by atoms with Gasteiger partial charge in [0.05, 0.1) is 18.8 Å². The SMILES string of the molecule is C=C1C[C@H](OCc2ccccc2)[C@]2(O)[C@H](OC(=O)[C@@]2(C)O[Si](C)(C)C)C2=C(C)[C@H](O[Si](C)(C)C(C)(C)C)C[C@H]12. The van der Waals surface area contributed by atoms with E-state index < -0.39 is 46.0 Å². The molecule has 0 amide bonds. The number of ether oxygens (including phenoxy) is 2. The molecule has 1 heterocycles. The number of benzene rings is 1. The molecule has 1 aromatic carbocycles. The van der Waals surface area contributed by atoms with E-state index in [9.17, 15) is 9.90 Å². The van der Waals surface area contributed by atoms with E-state index in [2.05, 4.69) is 47.4 Å². The van der Waals surface area contributed by atoms with Crippen LogP contribution in [-0.2, 0) is 29.7 Å². The van der Waals surface area contributed by atoms with E-state index in [1.54, 1.807) is 6.92 Å². The number of aliphatic hydroxyl groups is 1. The first kappa shape index (κ1) is 30.4. The summed E-state index contributed by atoms with van der Waals surface area (Å²) in [5.74, 6) is -0.602. The predicted octanol–water partition coefficient (Wildman–Crippen LogP) is 6.53. The monoisotopic (exact) mass is 572 g/mol. The van der Waals surface area contributed by atoms with Gasteiger partial charge in [0.1, 0.15) is 0 Å². The second-order valence-electron chi connectivity index (χ2n) is 14.3. The van der Waals surface area contributed by atoms with Crippen molar-refractivity contribution in [1.29, 1.82) is 0 Å². The summed E-state index contributed by atoms with van der Waals surface area (Å²) in [5, 5.41) is 12.9. The van der Waals surface area contributed by atoms with Gasteiger partial charge in [-0.2, -0.15) is 0 Å². The first-order valence-corrected chi connectivity index (χ1v) is 20.5. The van der Waals surface area contributed by atoms with Crippen LogP contribution in [0.15, 0.2) is 53.6 Å². The Labute approximate surface area is 237 Å². The molecule has 4 rings (SSSR count). The third-order valence-corrected chi connectivity index (χ3v) is 14.8. The fourth-order valence-corrected chi connectivity index (χ4v) is 8.96. The zero-order valence-corrected chi connectivity index (χ0v) is 27.5. The summed E-state index contributed by atoms with van der Waals surface area (Å²) < 4.78 is 26.1. The molecular weight excluding hydrogens is 525 g/mol. The molecule has 2 aliphatic carbocycles. The van der Waals surface area contributed by atoms with Gasteiger partial charge in [-0.1, -0.05) is 63.3 Å². The topological polar surface area (TPSA) is 74.2 Å². The lowest BCUT2D eigenvalue weighted by Gasteiger charge is -2.45. The fourth-order valence-electron chi connectivity index (χ4n) is 6.15. The van der Waals surface area contributed by atoms with Crippen LogP contribution in [0.3, 0.4) is 0 Å². The molecule has 39 heavy (non-hydrogen) atoms. The number of carbonyl (C=O) groups excluding carboxylic acids is 1. The van der Waals surface area contributed by atoms with Crippen molar-refractivity contribution in [3.8, 4) is 0 Å². The summed E-state index contributed by atoms with van der Waals surface area (Å²) in [7, 11) is -4.38. The van der Waals surface area contributed by atoms with E-state index in [1.165, 1.54) is 0 Å². The van der Waals surface area contributed by atoms with Crippen molar-refractivity contribution in [3.05, 3.63) is 59.2 Å². The summed E-state index contributed by atoms with van der Waals surface area (Å²) in [6, 6.07) is 9.87. The Hall–Kier alpha value is -1.56. The highest BCUT2D eigenvalue weighted by Gasteiger charge is 2.73. The molecule has 1 aromatic rings. The lowest BCUT2D eigenvalue weighted by molar-refractivity contribution is -0.192. The highest BCUT2D eigenvalue weighted by molar-refractivity contribution is 6.74. The van der Waals surface area contributed by atoms with Crippen LogP contribution in [0.2, 0.25) is 37.8 Å². The Morgan fingerprint density at radius 3 is 2.31 bits per heavy atom. The molecule has 6 nitrogen and oxygen atoms in total. The molecule has 0 bridgehead atoms. The molecular formula is C31H48O6Si2. The molecule has 0 spiro atoms. The van der Waals surface area contributed by atoms with Gasteiger partial charge in [0.15, 0.2) is 33.9 Å². The van der Waals surface area contributed by atoms with Crippen LogP contribution < -0.4 is 0 Å². The molecule has 0 radical (unpaired) electrons. The van der Waals surface area contributed by atoms with Gasteiger partial charge in [-0.05, 0) is 81.2 Å². The minimum absolute atomic E-state index is 0.0558. The first-order valence-electron chi connectivity index (χ1n) is 14.2. The van der Waals surface area contributed by atoms with Crippen molar-refractivity contribution < 1.29 is 28.2 Å². The minimum atomic E-state index is -2.30. The summed E-state index contributed by atoms with van der Waals surface area (Å²) in [4.78, 5) is 13.7. The third kappa shape index (κ3) is 5.29. The van der Waals surface area contributed by atoms with E-state index >= 15 is 0 Å². The lowest BCUT2D eigenvalue weighted by Crippen LogP contribution is -2.66. The Morgan fingerprint density at radius 1 is 1.13 bits per heavy atom. The molecule has 0 unspecified atom stereocenters. The number of hydrogen-bond donors (Lipinski definition) is 1. The molecule has 8 heteroatoms. The number of esters is 1. The van der Waals surface area contributed by atoms with Gasteiger partial charge >= 0.3 is 5.97 Å². The lowest BCUT2D eigenvalue weighted by atomic mass is 9.75. The van der Waals surface area contributed by atoms with Gasteiger partial charge in [-0.3, -0.25) is 0 Å². The van der Waals surface area contributed by atoms with Gasteiger partial charge in [-0.25, -0.2) is 4.79 Å². The fraction of sp³-hybridized carbons (Fsp3) is 0.645. The van der Waals surface area contributed by atoms with Crippen molar-refractivity contribution in [3.63, 3.8) is 0 Å². The molecule has 2 fully saturated rings. The van der Waals surface area contributed by atoms with Gasteiger partial charge in [0.2, 0.25) is 0 Å². The van der Waals surface area contributed by atoms with E-state index in [0.29, 0.717) is 13.0 Å². The summed E-state index contributed by atoms with van der Waals surface area (Å²) in [6.45, 7) is 25.8. The van der Waals surface area contributed by atoms with Crippen LogP contribution >= 0.6 is 0 Å². The van der Waals surface area contributed by atoms with E-state index in [4.69, 9.17) is 18.3 Å². The highest BCUT2D eigenvalue weighted by atomic mass is 28.4. The molecule has 6 atom stereocenters. The first-order chi connectivity index (χ1) is 17.8. The number of carbonyl (C=O) groups is 1. The molecule has 0 aromatic heterocycles. The molecule has 1 saturated heterocycles. The van der Waals surface area contributed by atoms with Gasteiger partial charge in [-0.15, -0.1) is 0 Å². The number of hydrogen-bond acceptors (Lipinski definition) is 6. The number of fused-ring (bicyclic) bond motifs is 3. The van der Waals surface area contributed by atoms with Gasteiger partial charge < -0.3 is 23.4 Å². The quantitative estimate of drug-likeness (QED) is 0.228. The Balaban J connectivity index is 1.81. The van der Waals surface area contributed by atoms with Crippen LogP contribution in [0.4, 0.5) is 0 Å². The van der Waals surface area contributed by atoms with Gasteiger partial charge in [0.25, 0.3) is 0 Å². The second-order valence-corrected chi connectivity index (χ2v) is 23.5. The average molecular weight is 573 g/mol. The average Bonchev–Trinajstić information content (AvgIpc) is 3.18. The maximum atomic E-state index is 13.7. The van der Waals surface area contributed by atoms with Crippen LogP contribution in [0.1, 0.15) is 53.0 Å². The second kappa shape index (κ2) is 10.1. The third-order valence-electron chi connectivity index (χ3n) is 9.30. The van der Waals surface area contributed by atoms with Crippen molar-refractivity contribution in [2.45, 2.75) is 121 Å². The normalized spacial score (nSPS) is 33.6. The van der Waals surface area contributed by atoms with Crippen molar-refractivity contribution >= 4 is 22.6 Å². The molecule has 1 saturated carbocycles. The van der Waals surface area contributed by atoms with Crippen molar-refractivity contribution in [2.24, 2.45) is 5.92 Å². The molecule has 216 valence electrons. The van der Waals surface area contributed by atoms with Crippen LogP contribution in [0.5, 0.6) is 0 Å². The zero-order chi connectivity index (χ0) is 29.2. The van der Waals surface area contributed by atoms with E-state index in [-0.39, 0.29) is 17.1 Å². The van der Waals surface area contributed by atoms with Crippen molar-refractivity contribution in [2.75, 3.05) is 0 Å². The minimum Gasteiger partial charge on any atom is -0.452 e. The number of rotatable bonds is 7. The van der Waals surface area contributed by atoms with E-state index in [1.807, 2.05) is 50.0 Å². The maximum Gasteiger partial charge on any atom is 0.341 e. The Morgan fingerprint density at radius 2 is 1.74 bits per heavy atom. The summed E-state index contributed by atoms with van der Waals surface area (Å²) in [6.07, 6.45) is -0.626. The van der Waals surface area contributed by atoms with E-state index in [0.717, 1.165) is 28.7 Å². The largest absolute Gasteiger partial charge is 0.452 e. The smallest absolute Gasteiger partial charge is 0.341 e. The zero-order valence-electron chi connectivity index (χ0n) is 25.5. The van der Waals surface area contributed by atoms with Gasteiger partial charge in [0, 0.05) is 5.92 Å². The maximum absolute atomic E-state index is 13.7. The standard InChI is InChI=1S/C31H48O6Si2/c1-20-17-25(34-19-22-15-13-12-14-16-22)31(33)27(35-28(32)30(31,6)37-38(7,8)9)26-21(2)24(18-23(20)26)36-39(10,11)29(3,4)5/h12-16,23-25,27,33H,1,17-19H2,2-11H3/t23-,24-,25+,27-,30-,31+/m1/s1. The summed E-state index contributed by atoms with van der Waals surface area (Å²) >= 11 is 0. The molecule has 1 aliphatic heterocycles. The Kier molecular flexibility index (Phi) is 7.85. The predicted molar refractivity (Wildman–Crippen MR) is 159 cm³/mol. The van der Waals surface area contributed by atoms with Crippen LogP contribution in [0.25, 0.3) is 0 Å². The van der Waals surface area contributed by atoms with Crippen LogP contribution in [0, 0.1) is 5.92 Å². The molecule has 3 aliphatic rings. The Bertz CT molecular complexity index is 1150.